The molecule has 4 nitrogen and oxygen atoms in total. The molecule has 0 aromatic rings. The lowest BCUT2D eigenvalue weighted by molar-refractivity contribution is -0.130. The van der Waals surface area contributed by atoms with Crippen molar-refractivity contribution in [2.24, 2.45) is 11.1 Å². The first kappa shape index (κ1) is 14.6. The zero-order chi connectivity index (χ0) is 13.1. The van der Waals surface area contributed by atoms with Crippen LogP contribution in [0, 0.1) is 5.41 Å². The van der Waals surface area contributed by atoms with E-state index in [2.05, 4.69) is 5.32 Å². The smallest absolute Gasteiger partial charge is 0.227 e. The standard InChI is InChI=1S/C12H24N2O2S/c1-9(17(3)16)6-8-14-11(15)12(2)7-4-5-10(12)13/h9-10H,4-8,13H2,1-3H3,(H,14,15). The minimum Gasteiger partial charge on any atom is -0.356 e. The molecule has 0 bridgehead atoms. The molecule has 0 radical (unpaired) electrons. The van der Waals surface area contributed by atoms with Crippen molar-refractivity contribution in [2.75, 3.05) is 12.8 Å². The van der Waals surface area contributed by atoms with Gasteiger partial charge in [-0.2, -0.15) is 0 Å². The fourth-order valence-electron chi connectivity index (χ4n) is 2.23. The van der Waals surface area contributed by atoms with Crippen LogP contribution < -0.4 is 11.1 Å². The van der Waals surface area contributed by atoms with Crippen molar-refractivity contribution in [3.05, 3.63) is 0 Å². The van der Waals surface area contributed by atoms with E-state index >= 15 is 0 Å². The second-order valence-corrected chi connectivity index (χ2v) is 7.07. The predicted octanol–water partition coefficient (Wildman–Crippen LogP) is 0.777. The molecule has 0 spiro atoms. The number of nitrogens with two attached hydrogens (primary N) is 1. The van der Waals surface area contributed by atoms with Gasteiger partial charge in [-0.1, -0.05) is 13.3 Å². The molecule has 4 unspecified atom stereocenters. The summed E-state index contributed by atoms with van der Waals surface area (Å²) < 4.78 is 11.2. The average molecular weight is 260 g/mol. The van der Waals surface area contributed by atoms with Gasteiger partial charge in [0.05, 0.1) is 5.41 Å². The lowest BCUT2D eigenvalue weighted by Crippen LogP contribution is -2.47. The van der Waals surface area contributed by atoms with Crippen molar-refractivity contribution in [2.45, 2.75) is 50.8 Å². The Hall–Kier alpha value is -0.420. The molecule has 0 saturated heterocycles. The Balaban J connectivity index is 2.37. The zero-order valence-electron chi connectivity index (χ0n) is 11.0. The molecule has 3 N–H and O–H groups in total. The Bertz CT molecular complexity index is 309. The highest BCUT2D eigenvalue weighted by atomic mass is 32.2. The van der Waals surface area contributed by atoms with Gasteiger partial charge in [0.25, 0.3) is 0 Å². The van der Waals surface area contributed by atoms with Crippen molar-refractivity contribution >= 4 is 16.7 Å². The fourth-order valence-corrected chi connectivity index (χ4v) is 2.68. The van der Waals surface area contributed by atoms with Crippen molar-refractivity contribution in [3.63, 3.8) is 0 Å². The summed E-state index contributed by atoms with van der Waals surface area (Å²) in [5, 5.41) is 3.05. The normalized spacial score (nSPS) is 32.1. The third-order valence-corrected chi connectivity index (χ3v) is 5.32. The van der Waals surface area contributed by atoms with Crippen molar-refractivity contribution in [3.8, 4) is 0 Å². The average Bonchev–Trinajstić information content (AvgIpc) is 2.60. The molecule has 0 heterocycles. The molecule has 5 heteroatoms. The summed E-state index contributed by atoms with van der Waals surface area (Å²) in [6.07, 6.45) is 5.27. The summed E-state index contributed by atoms with van der Waals surface area (Å²) in [4.78, 5) is 12.1. The van der Waals surface area contributed by atoms with Crippen molar-refractivity contribution in [1.82, 2.24) is 5.32 Å². The first-order valence-electron chi connectivity index (χ1n) is 6.24. The highest BCUT2D eigenvalue weighted by molar-refractivity contribution is 7.84. The van der Waals surface area contributed by atoms with Gasteiger partial charge in [-0.05, 0) is 26.2 Å². The van der Waals surface area contributed by atoms with E-state index in [0.29, 0.717) is 6.54 Å². The van der Waals surface area contributed by atoms with Gasteiger partial charge >= 0.3 is 0 Å². The molecule has 0 aromatic heterocycles. The summed E-state index contributed by atoms with van der Waals surface area (Å²) in [7, 11) is -0.820. The summed E-state index contributed by atoms with van der Waals surface area (Å²) in [6, 6.07) is -0.0276. The largest absolute Gasteiger partial charge is 0.356 e. The van der Waals surface area contributed by atoms with E-state index in [0.717, 1.165) is 25.7 Å². The summed E-state index contributed by atoms with van der Waals surface area (Å²) in [6.45, 7) is 4.47. The Morgan fingerprint density at radius 3 is 2.76 bits per heavy atom. The lowest BCUT2D eigenvalue weighted by atomic mass is 9.84. The molecule has 17 heavy (non-hydrogen) atoms. The quantitative estimate of drug-likeness (QED) is 0.767. The maximum atomic E-state index is 12.1. The molecule has 0 aromatic carbocycles. The minimum atomic E-state index is -0.820. The van der Waals surface area contributed by atoms with E-state index in [9.17, 15) is 9.00 Å². The van der Waals surface area contributed by atoms with E-state index in [-0.39, 0.29) is 17.2 Å². The topological polar surface area (TPSA) is 72.2 Å². The van der Waals surface area contributed by atoms with Crippen LogP contribution in [0.2, 0.25) is 0 Å². The second kappa shape index (κ2) is 5.96. The van der Waals surface area contributed by atoms with Crippen LogP contribution in [-0.4, -0.2) is 34.2 Å². The highest BCUT2D eigenvalue weighted by Crippen LogP contribution is 2.36. The fraction of sp³-hybridized carbons (Fsp3) is 0.917. The first-order valence-corrected chi connectivity index (χ1v) is 7.86. The second-order valence-electron chi connectivity index (χ2n) is 5.27. The van der Waals surface area contributed by atoms with E-state index in [1.807, 2.05) is 13.8 Å². The van der Waals surface area contributed by atoms with Gasteiger partial charge in [0.15, 0.2) is 0 Å². The Labute approximate surface area is 106 Å². The summed E-state index contributed by atoms with van der Waals surface area (Å²) in [5.41, 5.74) is 5.58. The third-order valence-electron chi connectivity index (χ3n) is 3.95. The number of carbonyl (C=O) groups is 1. The van der Waals surface area contributed by atoms with E-state index in [4.69, 9.17) is 5.73 Å². The van der Waals surface area contributed by atoms with E-state index in [1.54, 1.807) is 6.26 Å². The minimum absolute atomic E-state index is 0.0276. The van der Waals surface area contributed by atoms with Gasteiger partial charge in [0, 0.05) is 34.9 Å². The molecular formula is C12H24N2O2S. The number of carbonyl (C=O) groups excluding carboxylic acids is 1. The van der Waals surface area contributed by atoms with E-state index < -0.39 is 16.2 Å². The van der Waals surface area contributed by atoms with Crippen LogP contribution in [0.25, 0.3) is 0 Å². The van der Waals surface area contributed by atoms with Crippen LogP contribution in [0.4, 0.5) is 0 Å². The molecule has 1 aliphatic carbocycles. The molecule has 100 valence electrons. The van der Waals surface area contributed by atoms with Crippen molar-refractivity contribution in [1.29, 1.82) is 0 Å². The number of hydrogen-bond donors (Lipinski definition) is 2. The van der Waals surface area contributed by atoms with Crippen molar-refractivity contribution < 1.29 is 9.00 Å². The number of nitrogens with one attached hydrogen (secondary N) is 1. The van der Waals surface area contributed by atoms with Gasteiger partial charge in [-0.3, -0.25) is 9.00 Å². The highest BCUT2D eigenvalue weighted by Gasteiger charge is 2.42. The number of rotatable bonds is 5. The molecular weight excluding hydrogens is 236 g/mol. The van der Waals surface area contributed by atoms with Crippen LogP contribution >= 0.6 is 0 Å². The third kappa shape index (κ3) is 3.52. The van der Waals surface area contributed by atoms with Crippen LogP contribution in [0.5, 0.6) is 0 Å². The maximum absolute atomic E-state index is 12.1. The molecule has 1 rings (SSSR count). The molecule has 0 aliphatic heterocycles. The molecule has 1 amide bonds. The molecule has 4 atom stereocenters. The maximum Gasteiger partial charge on any atom is 0.227 e. The van der Waals surface area contributed by atoms with Gasteiger partial charge in [-0.25, -0.2) is 0 Å². The Kier molecular flexibility index (Phi) is 5.13. The molecule has 1 saturated carbocycles. The van der Waals surface area contributed by atoms with Crippen LogP contribution in [0.15, 0.2) is 0 Å². The summed E-state index contributed by atoms with van der Waals surface area (Å²) >= 11 is 0. The van der Waals surface area contributed by atoms with Gasteiger partial charge in [-0.15, -0.1) is 0 Å². The van der Waals surface area contributed by atoms with E-state index in [1.165, 1.54) is 0 Å². The summed E-state index contributed by atoms with van der Waals surface area (Å²) in [5.74, 6) is 0.0524. The lowest BCUT2D eigenvalue weighted by Gasteiger charge is -2.27. The predicted molar refractivity (Wildman–Crippen MR) is 71.1 cm³/mol. The molecule has 1 aliphatic rings. The number of amides is 1. The zero-order valence-corrected chi connectivity index (χ0v) is 11.8. The Morgan fingerprint density at radius 2 is 2.29 bits per heavy atom. The van der Waals surface area contributed by atoms with Gasteiger partial charge in [0.2, 0.25) is 5.91 Å². The number of hydrogen-bond acceptors (Lipinski definition) is 3. The Morgan fingerprint density at radius 1 is 1.65 bits per heavy atom. The SMILES string of the molecule is CC(CCNC(=O)C1(C)CCCC1N)S(C)=O. The van der Waals surface area contributed by atoms with Crippen LogP contribution in [0.1, 0.15) is 39.5 Å². The van der Waals surface area contributed by atoms with Gasteiger partial charge < -0.3 is 11.1 Å². The van der Waals surface area contributed by atoms with Gasteiger partial charge in [0.1, 0.15) is 0 Å². The molecule has 1 fully saturated rings. The van der Waals surface area contributed by atoms with Crippen LogP contribution in [-0.2, 0) is 15.6 Å². The first-order chi connectivity index (χ1) is 7.88. The van der Waals surface area contributed by atoms with Crippen LogP contribution in [0.3, 0.4) is 0 Å². The monoisotopic (exact) mass is 260 g/mol.